The van der Waals surface area contributed by atoms with E-state index in [0.29, 0.717) is 31.1 Å². The van der Waals surface area contributed by atoms with Gasteiger partial charge in [-0.3, -0.25) is 9.59 Å². The first-order chi connectivity index (χ1) is 11.3. The molecule has 0 saturated heterocycles. The van der Waals surface area contributed by atoms with Crippen LogP contribution in [0.5, 0.6) is 0 Å². The predicted molar refractivity (Wildman–Crippen MR) is 95.1 cm³/mol. The van der Waals surface area contributed by atoms with Crippen LogP contribution in [-0.2, 0) is 20.7 Å². The molecule has 0 radical (unpaired) electrons. The summed E-state index contributed by atoms with van der Waals surface area (Å²) in [6.07, 6.45) is 1.94. The summed E-state index contributed by atoms with van der Waals surface area (Å²) in [6, 6.07) is 7.28. The maximum atomic E-state index is 11.9. The number of amides is 1. The molecule has 0 heterocycles. The fourth-order valence-corrected chi connectivity index (χ4v) is 2.47. The third-order valence-electron chi connectivity index (χ3n) is 3.74. The first-order valence-electron chi connectivity index (χ1n) is 8.51. The van der Waals surface area contributed by atoms with Gasteiger partial charge in [0.2, 0.25) is 5.91 Å². The average Bonchev–Trinajstić information content (AvgIpc) is 2.48. The highest BCUT2D eigenvalue weighted by Gasteiger charge is 2.12. The molecule has 0 fully saturated rings. The van der Waals surface area contributed by atoms with Crippen molar-refractivity contribution in [2.75, 3.05) is 11.9 Å². The van der Waals surface area contributed by atoms with Crippen molar-refractivity contribution < 1.29 is 19.4 Å². The van der Waals surface area contributed by atoms with Gasteiger partial charge in [-0.15, -0.1) is 0 Å². The minimum Gasteiger partial charge on any atom is -0.481 e. The Kier molecular flexibility index (Phi) is 8.47. The summed E-state index contributed by atoms with van der Waals surface area (Å²) in [4.78, 5) is 22.8. The highest BCUT2D eigenvalue weighted by atomic mass is 16.5. The SMILES string of the molecule is CC(C)CC(C)OCCC(=O)Nc1ccc(CC(C)C(=O)O)cc1. The molecule has 0 aromatic heterocycles. The molecule has 0 aliphatic carbocycles. The van der Waals surface area contributed by atoms with Crippen LogP contribution in [0.15, 0.2) is 24.3 Å². The maximum Gasteiger partial charge on any atom is 0.306 e. The summed E-state index contributed by atoms with van der Waals surface area (Å²) < 4.78 is 5.63. The van der Waals surface area contributed by atoms with Crippen LogP contribution in [-0.4, -0.2) is 29.7 Å². The van der Waals surface area contributed by atoms with E-state index in [1.165, 1.54) is 0 Å². The van der Waals surface area contributed by atoms with Gasteiger partial charge < -0.3 is 15.2 Å². The normalized spacial score (nSPS) is 13.5. The molecule has 0 bridgehead atoms. The standard InChI is InChI=1S/C19H29NO4/c1-13(2)11-15(4)24-10-9-18(21)20-17-7-5-16(6-8-17)12-14(3)19(22)23/h5-8,13-15H,9-12H2,1-4H3,(H,20,21)(H,22,23). The van der Waals surface area contributed by atoms with Crippen LogP contribution in [0.2, 0.25) is 0 Å². The molecule has 1 aromatic carbocycles. The van der Waals surface area contributed by atoms with E-state index in [-0.39, 0.29) is 12.0 Å². The second kappa shape index (κ2) is 10.1. The third-order valence-corrected chi connectivity index (χ3v) is 3.74. The van der Waals surface area contributed by atoms with Gasteiger partial charge in [-0.2, -0.15) is 0 Å². The Balaban J connectivity index is 2.35. The van der Waals surface area contributed by atoms with Gasteiger partial charge in [-0.25, -0.2) is 0 Å². The largest absolute Gasteiger partial charge is 0.481 e. The summed E-state index contributed by atoms with van der Waals surface area (Å²) in [6.45, 7) is 8.40. The van der Waals surface area contributed by atoms with Gasteiger partial charge in [0.15, 0.2) is 0 Å². The fraction of sp³-hybridized carbons (Fsp3) is 0.579. The number of rotatable bonds is 10. The van der Waals surface area contributed by atoms with Crippen LogP contribution in [0.1, 0.15) is 46.1 Å². The topological polar surface area (TPSA) is 75.6 Å². The number of anilines is 1. The molecular formula is C19H29NO4. The summed E-state index contributed by atoms with van der Waals surface area (Å²) in [5.74, 6) is -0.732. The third kappa shape index (κ3) is 8.11. The number of hydrogen-bond acceptors (Lipinski definition) is 3. The van der Waals surface area contributed by atoms with E-state index in [1.54, 1.807) is 19.1 Å². The van der Waals surface area contributed by atoms with Gasteiger partial charge in [0, 0.05) is 5.69 Å². The Hall–Kier alpha value is -1.88. The predicted octanol–water partition coefficient (Wildman–Crippen LogP) is 3.73. The quantitative estimate of drug-likeness (QED) is 0.683. The van der Waals surface area contributed by atoms with Crippen LogP contribution < -0.4 is 5.32 Å². The molecule has 1 aromatic rings. The monoisotopic (exact) mass is 335 g/mol. The summed E-state index contributed by atoms with van der Waals surface area (Å²) in [5, 5.41) is 11.7. The van der Waals surface area contributed by atoms with E-state index >= 15 is 0 Å². The number of carbonyl (C=O) groups excluding carboxylic acids is 1. The van der Waals surface area contributed by atoms with Crippen molar-refractivity contribution in [3.05, 3.63) is 29.8 Å². The van der Waals surface area contributed by atoms with E-state index in [9.17, 15) is 9.59 Å². The fourth-order valence-electron chi connectivity index (χ4n) is 2.47. The summed E-state index contributed by atoms with van der Waals surface area (Å²) in [5.41, 5.74) is 1.65. The lowest BCUT2D eigenvalue weighted by Crippen LogP contribution is -2.18. The highest BCUT2D eigenvalue weighted by Crippen LogP contribution is 2.14. The van der Waals surface area contributed by atoms with Gasteiger partial charge in [-0.05, 0) is 43.4 Å². The molecule has 2 N–H and O–H groups in total. The van der Waals surface area contributed by atoms with Crippen molar-refractivity contribution in [2.45, 2.75) is 53.1 Å². The zero-order valence-corrected chi connectivity index (χ0v) is 15.0. The molecule has 1 rings (SSSR count). The Labute approximate surface area is 144 Å². The second-order valence-corrected chi connectivity index (χ2v) is 6.75. The minimum absolute atomic E-state index is 0.0848. The number of aliphatic carboxylic acids is 1. The first-order valence-corrected chi connectivity index (χ1v) is 8.51. The smallest absolute Gasteiger partial charge is 0.306 e. The molecule has 5 heteroatoms. The molecule has 134 valence electrons. The van der Waals surface area contributed by atoms with Gasteiger partial charge in [0.25, 0.3) is 0 Å². The number of carboxylic acids is 1. The van der Waals surface area contributed by atoms with Crippen LogP contribution >= 0.6 is 0 Å². The number of nitrogens with one attached hydrogen (secondary N) is 1. The lowest BCUT2D eigenvalue weighted by Gasteiger charge is -2.15. The molecule has 1 amide bonds. The van der Waals surface area contributed by atoms with Crippen molar-refractivity contribution in [2.24, 2.45) is 11.8 Å². The first kappa shape index (κ1) is 20.2. The van der Waals surface area contributed by atoms with Crippen molar-refractivity contribution in [1.29, 1.82) is 0 Å². The highest BCUT2D eigenvalue weighted by molar-refractivity contribution is 5.90. The van der Waals surface area contributed by atoms with Crippen LogP contribution in [0.3, 0.4) is 0 Å². The number of carbonyl (C=O) groups is 2. The van der Waals surface area contributed by atoms with Crippen LogP contribution in [0.25, 0.3) is 0 Å². The van der Waals surface area contributed by atoms with Gasteiger partial charge in [0.1, 0.15) is 0 Å². The molecule has 2 unspecified atom stereocenters. The summed E-state index contributed by atoms with van der Waals surface area (Å²) >= 11 is 0. The van der Waals surface area contributed by atoms with E-state index in [2.05, 4.69) is 19.2 Å². The Bertz CT molecular complexity index is 525. The van der Waals surface area contributed by atoms with Crippen LogP contribution in [0.4, 0.5) is 5.69 Å². The Morgan fingerprint density at radius 1 is 1.12 bits per heavy atom. The zero-order valence-electron chi connectivity index (χ0n) is 15.0. The molecule has 0 aliphatic rings. The number of hydrogen-bond donors (Lipinski definition) is 2. The number of carboxylic acid groups (broad SMARTS) is 1. The zero-order chi connectivity index (χ0) is 18.1. The Morgan fingerprint density at radius 2 is 1.75 bits per heavy atom. The number of ether oxygens (including phenoxy) is 1. The van der Waals surface area contributed by atoms with Gasteiger partial charge in [0.05, 0.1) is 25.0 Å². The number of benzene rings is 1. The molecule has 0 spiro atoms. The average molecular weight is 335 g/mol. The van der Waals surface area contributed by atoms with Crippen molar-refractivity contribution >= 4 is 17.6 Å². The van der Waals surface area contributed by atoms with E-state index in [1.807, 2.05) is 19.1 Å². The molecule has 5 nitrogen and oxygen atoms in total. The van der Waals surface area contributed by atoms with Crippen molar-refractivity contribution in [1.82, 2.24) is 0 Å². The van der Waals surface area contributed by atoms with E-state index in [4.69, 9.17) is 9.84 Å². The summed E-state index contributed by atoms with van der Waals surface area (Å²) in [7, 11) is 0. The van der Waals surface area contributed by atoms with Gasteiger partial charge in [-0.1, -0.05) is 32.9 Å². The lowest BCUT2D eigenvalue weighted by atomic mass is 10.0. The van der Waals surface area contributed by atoms with E-state index in [0.717, 1.165) is 12.0 Å². The Morgan fingerprint density at radius 3 is 2.29 bits per heavy atom. The van der Waals surface area contributed by atoms with Crippen molar-refractivity contribution in [3.63, 3.8) is 0 Å². The second-order valence-electron chi connectivity index (χ2n) is 6.75. The molecule has 2 atom stereocenters. The van der Waals surface area contributed by atoms with Crippen LogP contribution in [0, 0.1) is 11.8 Å². The minimum atomic E-state index is -0.806. The molecule has 24 heavy (non-hydrogen) atoms. The molecule has 0 saturated carbocycles. The van der Waals surface area contributed by atoms with E-state index < -0.39 is 11.9 Å². The molecule has 0 aliphatic heterocycles. The molecular weight excluding hydrogens is 306 g/mol. The van der Waals surface area contributed by atoms with Crippen molar-refractivity contribution in [3.8, 4) is 0 Å². The van der Waals surface area contributed by atoms with Gasteiger partial charge >= 0.3 is 5.97 Å². The lowest BCUT2D eigenvalue weighted by molar-refractivity contribution is -0.141. The maximum absolute atomic E-state index is 11.9.